The third-order valence-corrected chi connectivity index (χ3v) is 6.71. The molecule has 0 aliphatic heterocycles. The Morgan fingerprint density at radius 2 is 2.15 bits per heavy atom. The Kier molecular flexibility index (Phi) is 5.58. The van der Waals surface area contributed by atoms with Crippen LogP contribution in [-0.2, 0) is 6.54 Å². The lowest BCUT2D eigenvalue weighted by atomic mass is 10.3. The summed E-state index contributed by atoms with van der Waals surface area (Å²) in [5.41, 5.74) is 0.884. The quantitative estimate of drug-likeness (QED) is 0.354. The van der Waals surface area contributed by atoms with Gasteiger partial charge >= 0.3 is 0 Å². The maximum atomic E-state index is 13.1. The fourth-order valence-electron chi connectivity index (χ4n) is 2.68. The van der Waals surface area contributed by atoms with Gasteiger partial charge < -0.3 is 4.57 Å². The van der Waals surface area contributed by atoms with Gasteiger partial charge in [-0.2, -0.15) is 0 Å². The van der Waals surface area contributed by atoms with Crippen LogP contribution in [0.2, 0.25) is 4.34 Å². The number of hydrogen-bond donors (Lipinski definition) is 0. The average molecular weight is 482 g/mol. The topological polar surface area (TPSA) is 51.0 Å². The third-order valence-electron chi connectivity index (χ3n) is 3.96. The van der Waals surface area contributed by atoms with Crippen LogP contribution in [0.5, 0.6) is 0 Å². The summed E-state index contributed by atoms with van der Waals surface area (Å²) in [6, 6.07) is 9.44. The van der Waals surface area contributed by atoms with E-state index < -0.39 is 0 Å². The molecule has 0 aliphatic rings. The van der Waals surface area contributed by atoms with Gasteiger partial charge in [0.05, 0.1) is 25.8 Å². The summed E-state index contributed by atoms with van der Waals surface area (Å²) in [4.78, 5) is 24.2. The number of carbonyl (C=O) groups is 1. The van der Waals surface area contributed by atoms with Crippen molar-refractivity contribution in [3.63, 3.8) is 0 Å². The van der Waals surface area contributed by atoms with Crippen LogP contribution < -0.4 is 4.90 Å². The van der Waals surface area contributed by atoms with Gasteiger partial charge in [0.2, 0.25) is 0 Å². The fourth-order valence-corrected chi connectivity index (χ4v) is 5.21. The van der Waals surface area contributed by atoms with E-state index in [2.05, 4.69) is 25.9 Å². The molecule has 138 valence electrons. The lowest BCUT2D eigenvalue weighted by Gasteiger charge is -2.19. The zero-order valence-corrected chi connectivity index (χ0v) is 18.0. The molecule has 0 saturated carbocycles. The summed E-state index contributed by atoms with van der Waals surface area (Å²) >= 11 is 12.3. The minimum atomic E-state index is -0.0735. The molecule has 0 fully saturated rings. The van der Waals surface area contributed by atoms with Crippen LogP contribution in [0.25, 0.3) is 10.2 Å². The van der Waals surface area contributed by atoms with E-state index in [0.29, 0.717) is 20.9 Å². The molecule has 9 heteroatoms. The first-order chi connectivity index (χ1) is 13.1. The number of anilines is 1. The summed E-state index contributed by atoms with van der Waals surface area (Å²) < 4.78 is 4.63. The van der Waals surface area contributed by atoms with Crippen LogP contribution in [0.4, 0.5) is 5.13 Å². The molecule has 0 unspecified atom stereocenters. The smallest absolute Gasteiger partial charge is 0.270 e. The number of imidazole rings is 1. The molecular formula is C18H14BrClN4OS2. The van der Waals surface area contributed by atoms with Gasteiger partial charge in [-0.25, -0.2) is 9.97 Å². The van der Waals surface area contributed by atoms with Crippen molar-refractivity contribution in [2.45, 2.75) is 13.0 Å². The first-order valence-electron chi connectivity index (χ1n) is 8.19. The molecule has 0 N–H and O–H groups in total. The van der Waals surface area contributed by atoms with Crippen molar-refractivity contribution in [1.29, 1.82) is 0 Å². The number of hydrogen-bond acceptors (Lipinski definition) is 5. The number of aryl methyl sites for hydroxylation is 1. The van der Waals surface area contributed by atoms with Gasteiger partial charge in [-0.15, -0.1) is 11.3 Å². The minimum Gasteiger partial charge on any atom is -0.337 e. The van der Waals surface area contributed by atoms with Crippen molar-refractivity contribution in [2.24, 2.45) is 0 Å². The molecule has 3 aromatic heterocycles. The zero-order chi connectivity index (χ0) is 18.8. The van der Waals surface area contributed by atoms with E-state index in [4.69, 9.17) is 11.6 Å². The van der Waals surface area contributed by atoms with Gasteiger partial charge in [-0.05, 0) is 36.8 Å². The number of carbonyl (C=O) groups excluding carboxylic acids is 1. The third kappa shape index (κ3) is 4.24. The number of benzene rings is 1. The van der Waals surface area contributed by atoms with Crippen molar-refractivity contribution in [3.8, 4) is 0 Å². The molecule has 0 spiro atoms. The summed E-state index contributed by atoms with van der Waals surface area (Å²) in [6.45, 7) is 1.35. The molecular weight excluding hydrogens is 468 g/mol. The predicted molar refractivity (Wildman–Crippen MR) is 115 cm³/mol. The van der Waals surface area contributed by atoms with E-state index in [1.165, 1.54) is 22.7 Å². The van der Waals surface area contributed by atoms with Crippen LogP contribution >= 0.6 is 50.2 Å². The molecule has 0 atom stereocenters. The SMILES string of the molecule is O=C(c1ccc(Cl)s1)N(CCCn1ccnc1)c1nc2ccc(Br)cc2s1. The molecule has 3 heterocycles. The summed E-state index contributed by atoms with van der Waals surface area (Å²) in [7, 11) is 0. The number of thiazole rings is 1. The molecule has 4 rings (SSSR count). The van der Waals surface area contributed by atoms with Crippen molar-refractivity contribution in [1.82, 2.24) is 14.5 Å². The number of aromatic nitrogens is 3. The first-order valence-corrected chi connectivity index (χ1v) is 11.0. The van der Waals surface area contributed by atoms with E-state index in [-0.39, 0.29) is 5.91 Å². The largest absolute Gasteiger partial charge is 0.337 e. The highest BCUT2D eigenvalue weighted by Crippen LogP contribution is 2.33. The van der Waals surface area contributed by atoms with E-state index in [0.717, 1.165) is 27.7 Å². The van der Waals surface area contributed by atoms with Crippen molar-refractivity contribution in [2.75, 3.05) is 11.4 Å². The van der Waals surface area contributed by atoms with Crippen molar-refractivity contribution in [3.05, 3.63) is 62.7 Å². The van der Waals surface area contributed by atoms with Crippen LogP contribution in [0, 0.1) is 0 Å². The van der Waals surface area contributed by atoms with Gasteiger partial charge in [-0.1, -0.05) is 38.9 Å². The Bertz CT molecular complexity index is 1080. The second kappa shape index (κ2) is 8.10. The second-order valence-electron chi connectivity index (χ2n) is 5.82. The Balaban J connectivity index is 1.62. The van der Waals surface area contributed by atoms with E-state index in [1.807, 2.05) is 29.0 Å². The molecule has 4 aromatic rings. The number of thiophene rings is 1. The lowest BCUT2D eigenvalue weighted by Crippen LogP contribution is -2.31. The van der Waals surface area contributed by atoms with Crippen LogP contribution in [0.3, 0.4) is 0 Å². The summed E-state index contributed by atoms with van der Waals surface area (Å²) in [5.74, 6) is -0.0735. The highest BCUT2D eigenvalue weighted by atomic mass is 79.9. The maximum Gasteiger partial charge on any atom is 0.270 e. The molecule has 1 aromatic carbocycles. The van der Waals surface area contributed by atoms with Gasteiger partial charge in [-0.3, -0.25) is 9.69 Å². The second-order valence-corrected chi connectivity index (χ2v) is 9.46. The highest BCUT2D eigenvalue weighted by Gasteiger charge is 2.22. The number of halogens is 2. The van der Waals surface area contributed by atoms with E-state index in [1.54, 1.807) is 29.6 Å². The number of amides is 1. The van der Waals surface area contributed by atoms with Crippen LogP contribution in [0.1, 0.15) is 16.1 Å². The van der Waals surface area contributed by atoms with Gasteiger partial charge in [0.15, 0.2) is 5.13 Å². The van der Waals surface area contributed by atoms with Crippen LogP contribution in [0.15, 0.2) is 53.5 Å². The van der Waals surface area contributed by atoms with E-state index >= 15 is 0 Å². The van der Waals surface area contributed by atoms with Gasteiger partial charge in [0, 0.05) is 30.0 Å². The Morgan fingerprint density at radius 1 is 1.26 bits per heavy atom. The first kappa shape index (κ1) is 18.6. The van der Waals surface area contributed by atoms with E-state index in [9.17, 15) is 4.79 Å². The van der Waals surface area contributed by atoms with Gasteiger partial charge in [0.1, 0.15) is 0 Å². The zero-order valence-electron chi connectivity index (χ0n) is 14.0. The molecule has 0 aliphatic carbocycles. The molecule has 0 radical (unpaired) electrons. The fraction of sp³-hybridized carbons (Fsp3) is 0.167. The molecule has 5 nitrogen and oxygen atoms in total. The Hall–Kier alpha value is -1.74. The van der Waals surface area contributed by atoms with Gasteiger partial charge in [0.25, 0.3) is 5.91 Å². The molecule has 27 heavy (non-hydrogen) atoms. The highest BCUT2D eigenvalue weighted by molar-refractivity contribution is 9.10. The Morgan fingerprint density at radius 3 is 2.89 bits per heavy atom. The Labute approximate surface area is 177 Å². The number of nitrogens with zero attached hydrogens (tertiary/aromatic N) is 4. The maximum absolute atomic E-state index is 13.1. The number of fused-ring (bicyclic) bond motifs is 1. The van der Waals surface area contributed by atoms with Crippen LogP contribution in [-0.4, -0.2) is 27.0 Å². The predicted octanol–water partition coefficient (Wildman–Crippen LogP) is 5.71. The molecule has 0 saturated heterocycles. The lowest BCUT2D eigenvalue weighted by molar-refractivity contribution is 0.0990. The summed E-state index contributed by atoms with van der Waals surface area (Å²) in [5, 5.41) is 0.697. The number of rotatable bonds is 6. The van der Waals surface area contributed by atoms with Crippen molar-refractivity contribution < 1.29 is 4.79 Å². The minimum absolute atomic E-state index is 0.0735. The monoisotopic (exact) mass is 480 g/mol. The standard InChI is InChI=1S/C18H14BrClN4OS2/c19-12-2-3-13-15(10-12)27-18(22-13)24(8-1-7-23-9-6-21-11-23)17(25)14-4-5-16(20)26-14/h2-6,9-11H,1,7-8H2. The van der Waals surface area contributed by atoms with Crippen molar-refractivity contribution >= 4 is 71.5 Å². The summed E-state index contributed by atoms with van der Waals surface area (Å²) in [6.07, 6.45) is 6.24. The molecule has 0 bridgehead atoms. The normalized spacial score (nSPS) is 11.2. The average Bonchev–Trinajstić information content (AvgIpc) is 3.38. The molecule has 1 amide bonds.